The van der Waals surface area contributed by atoms with Crippen molar-refractivity contribution in [2.24, 2.45) is 0 Å². The Labute approximate surface area is 130 Å². The van der Waals surface area contributed by atoms with Crippen molar-refractivity contribution in [3.63, 3.8) is 0 Å². The molecule has 0 bridgehead atoms. The van der Waals surface area contributed by atoms with Crippen molar-refractivity contribution in [2.75, 3.05) is 12.4 Å². The summed E-state index contributed by atoms with van der Waals surface area (Å²) in [6, 6.07) is 12.5. The van der Waals surface area contributed by atoms with Gasteiger partial charge in [0.15, 0.2) is 0 Å². The maximum Gasteiger partial charge on any atom is 0.240 e. The van der Waals surface area contributed by atoms with E-state index in [1.807, 2.05) is 31.2 Å². The molecule has 0 spiro atoms. The first-order valence-electron chi connectivity index (χ1n) is 6.45. The molecule has 2 aromatic carbocycles. The molecule has 6 heteroatoms. The first kappa shape index (κ1) is 15.8. The maximum absolute atomic E-state index is 11.8. The zero-order valence-corrected chi connectivity index (χ0v) is 13.4. The molecule has 0 fully saturated rings. The lowest BCUT2D eigenvalue weighted by atomic mass is 10.2. The van der Waals surface area contributed by atoms with Crippen molar-refractivity contribution >= 4 is 27.3 Å². The van der Waals surface area contributed by atoms with Crippen LogP contribution in [-0.2, 0) is 16.6 Å². The molecule has 4 nitrogen and oxygen atoms in total. The standard InChI is InChI=1S/C15H17ClN2O2S/c1-11-6-7-14(21(19,20)17-2)9-15(11)18-10-12-4-3-5-13(16)8-12/h3-9,17-18H,10H2,1-2H3. The summed E-state index contributed by atoms with van der Waals surface area (Å²) < 4.78 is 26.0. The second-order valence-corrected chi connectivity index (χ2v) is 6.99. The van der Waals surface area contributed by atoms with Gasteiger partial charge < -0.3 is 5.32 Å². The molecular weight excluding hydrogens is 308 g/mol. The van der Waals surface area contributed by atoms with Crippen molar-refractivity contribution < 1.29 is 8.42 Å². The van der Waals surface area contributed by atoms with Gasteiger partial charge in [-0.3, -0.25) is 0 Å². The number of benzene rings is 2. The summed E-state index contributed by atoms with van der Waals surface area (Å²) in [7, 11) is -2.04. The molecule has 0 saturated carbocycles. The van der Waals surface area contributed by atoms with E-state index in [1.165, 1.54) is 7.05 Å². The number of hydrogen-bond acceptors (Lipinski definition) is 3. The third-order valence-corrected chi connectivity index (χ3v) is 4.81. The first-order chi connectivity index (χ1) is 9.92. The Morgan fingerprint density at radius 1 is 1.14 bits per heavy atom. The molecule has 0 aromatic heterocycles. The molecule has 0 saturated heterocycles. The van der Waals surface area contributed by atoms with E-state index in [-0.39, 0.29) is 4.90 Å². The number of hydrogen-bond donors (Lipinski definition) is 2. The fraction of sp³-hybridized carbons (Fsp3) is 0.200. The largest absolute Gasteiger partial charge is 0.381 e. The Kier molecular flexibility index (Phi) is 4.88. The highest BCUT2D eigenvalue weighted by Crippen LogP contribution is 2.21. The average molecular weight is 325 g/mol. The third kappa shape index (κ3) is 3.97. The van der Waals surface area contributed by atoms with Gasteiger partial charge >= 0.3 is 0 Å². The minimum Gasteiger partial charge on any atom is -0.381 e. The highest BCUT2D eigenvalue weighted by atomic mass is 35.5. The second kappa shape index (κ2) is 6.47. The molecule has 0 aliphatic carbocycles. The van der Waals surface area contributed by atoms with Crippen LogP contribution in [0.3, 0.4) is 0 Å². The minimum absolute atomic E-state index is 0.240. The van der Waals surface area contributed by atoms with E-state index < -0.39 is 10.0 Å². The van der Waals surface area contributed by atoms with E-state index in [2.05, 4.69) is 10.0 Å². The van der Waals surface area contributed by atoms with Crippen LogP contribution in [0, 0.1) is 6.92 Å². The van der Waals surface area contributed by atoms with E-state index in [9.17, 15) is 8.42 Å². The van der Waals surface area contributed by atoms with Gasteiger partial charge in [-0.05, 0) is 49.4 Å². The van der Waals surface area contributed by atoms with Gasteiger partial charge in [0, 0.05) is 17.3 Å². The number of rotatable bonds is 5. The average Bonchev–Trinajstić information content (AvgIpc) is 2.46. The number of anilines is 1. The van der Waals surface area contributed by atoms with Gasteiger partial charge in [0.25, 0.3) is 0 Å². The predicted octanol–water partition coefficient (Wildman–Crippen LogP) is 3.17. The van der Waals surface area contributed by atoms with Crippen molar-refractivity contribution in [2.45, 2.75) is 18.4 Å². The molecule has 0 heterocycles. The lowest BCUT2D eigenvalue weighted by molar-refractivity contribution is 0.588. The fourth-order valence-electron chi connectivity index (χ4n) is 1.92. The number of halogens is 1. The summed E-state index contributed by atoms with van der Waals surface area (Å²) in [5.74, 6) is 0. The summed E-state index contributed by atoms with van der Waals surface area (Å²) in [4.78, 5) is 0.240. The Morgan fingerprint density at radius 2 is 1.90 bits per heavy atom. The molecule has 21 heavy (non-hydrogen) atoms. The molecule has 0 atom stereocenters. The van der Waals surface area contributed by atoms with E-state index >= 15 is 0 Å². The van der Waals surface area contributed by atoms with Crippen LogP contribution in [0.2, 0.25) is 5.02 Å². The Balaban J connectivity index is 2.22. The Bertz CT molecular complexity index is 745. The van der Waals surface area contributed by atoms with Crippen LogP contribution in [-0.4, -0.2) is 15.5 Å². The molecule has 112 valence electrons. The summed E-state index contributed by atoms with van der Waals surface area (Å²) in [5, 5.41) is 3.92. The van der Waals surface area contributed by atoms with Crippen molar-refractivity contribution in [3.8, 4) is 0 Å². The molecule has 0 radical (unpaired) electrons. The fourth-order valence-corrected chi connectivity index (χ4v) is 2.89. The third-order valence-electron chi connectivity index (χ3n) is 3.16. The van der Waals surface area contributed by atoms with Gasteiger partial charge in [0.05, 0.1) is 4.90 Å². The van der Waals surface area contributed by atoms with Gasteiger partial charge in [-0.25, -0.2) is 13.1 Å². The quantitative estimate of drug-likeness (QED) is 0.888. The molecule has 0 aliphatic rings. The van der Waals surface area contributed by atoms with Gasteiger partial charge in [-0.15, -0.1) is 0 Å². The molecular formula is C15H17ClN2O2S. The van der Waals surface area contributed by atoms with Crippen molar-refractivity contribution in [1.82, 2.24) is 4.72 Å². The monoisotopic (exact) mass is 324 g/mol. The maximum atomic E-state index is 11.8. The van der Waals surface area contributed by atoms with E-state index in [0.29, 0.717) is 11.6 Å². The molecule has 0 aliphatic heterocycles. The van der Waals surface area contributed by atoms with Crippen LogP contribution in [0.1, 0.15) is 11.1 Å². The van der Waals surface area contributed by atoms with E-state index in [0.717, 1.165) is 16.8 Å². The summed E-state index contributed by atoms with van der Waals surface area (Å²) in [6.45, 7) is 2.50. The molecule has 2 rings (SSSR count). The topological polar surface area (TPSA) is 58.2 Å². The van der Waals surface area contributed by atoms with Crippen molar-refractivity contribution in [3.05, 3.63) is 58.6 Å². The van der Waals surface area contributed by atoms with Crippen LogP contribution in [0.4, 0.5) is 5.69 Å². The van der Waals surface area contributed by atoms with Crippen LogP contribution in [0.5, 0.6) is 0 Å². The zero-order valence-electron chi connectivity index (χ0n) is 11.9. The summed E-state index contributed by atoms with van der Waals surface area (Å²) >= 11 is 5.95. The SMILES string of the molecule is CNS(=O)(=O)c1ccc(C)c(NCc2cccc(Cl)c2)c1. The minimum atomic E-state index is -3.44. The van der Waals surface area contributed by atoms with Gasteiger partial charge in [0.1, 0.15) is 0 Å². The molecule has 2 N–H and O–H groups in total. The van der Waals surface area contributed by atoms with Crippen LogP contribution < -0.4 is 10.0 Å². The number of sulfonamides is 1. The first-order valence-corrected chi connectivity index (χ1v) is 8.31. The van der Waals surface area contributed by atoms with E-state index in [1.54, 1.807) is 18.2 Å². The van der Waals surface area contributed by atoms with Crippen LogP contribution in [0.25, 0.3) is 0 Å². The highest BCUT2D eigenvalue weighted by molar-refractivity contribution is 7.89. The van der Waals surface area contributed by atoms with Gasteiger partial charge in [-0.1, -0.05) is 29.8 Å². The number of nitrogens with one attached hydrogen (secondary N) is 2. The van der Waals surface area contributed by atoms with Gasteiger partial charge in [-0.2, -0.15) is 0 Å². The lowest BCUT2D eigenvalue weighted by Gasteiger charge is -2.12. The lowest BCUT2D eigenvalue weighted by Crippen LogP contribution is -2.18. The Morgan fingerprint density at radius 3 is 2.57 bits per heavy atom. The van der Waals surface area contributed by atoms with Crippen LogP contribution >= 0.6 is 11.6 Å². The highest BCUT2D eigenvalue weighted by Gasteiger charge is 2.12. The summed E-state index contributed by atoms with van der Waals surface area (Å²) in [6.07, 6.45) is 0. The number of aryl methyl sites for hydroxylation is 1. The summed E-state index contributed by atoms with van der Waals surface area (Å²) in [5.41, 5.74) is 2.79. The van der Waals surface area contributed by atoms with Crippen LogP contribution in [0.15, 0.2) is 47.4 Å². The Hall–Kier alpha value is -1.56. The molecule has 2 aromatic rings. The normalized spacial score (nSPS) is 11.4. The molecule has 0 unspecified atom stereocenters. The second-order valence-electron chi connectivity index (χ2n) is 4.67. The van der Waals surface area contributed by atoms with E-state index in [4.69, 9.17) is 11.6 Å². The van der Waals surface area contributed by atoms with Crippen molar-refractivity contribution in [1.29, 1.82) is 0 Å². The zero-order chi connectivity index (χ0) is 15.5. The van der Waals surface area contributed by atoms with Gasteiger partial charge in [0.2, 0.25) is 10.0 Å². The smallest absolute Gasteiger partial charge is 0.240 e. The predicted molar refractivity (Wildman–Crippen MR) is 86.2 cm³/mol. The molecule has 0 amide bonds.